The third kappa shape index (κ3) is 3.55. The normalized spacial score (nSPS) is 20.0. The Kier molecular flexibility index (Phi) is 5.21. The Morgan fingerprint density at radius 1 is 1.12 bits per heavy atom. The fraction of sp³-hybridized carbons (Fsp3) is 0.364. The quantitative estimate of drug-likeness (QED) is 0.722. The van der Waals surface area contributed by atoms with Gasteiger partial charge in [-0.05, 0) is 48.6 Å². The van der Waals surface area contributed by atoms with E-state index in [9.17, 15) is 14.0 Å². The van der Waals surface area contributed by atoms with Crippen LogP contribution in [-0.4, -0.2) is 18.2 Å². The average Bonchev–Trinajstić information content (AvgIpc) is 2.94. The van der Waals surface area contributed by atoms with E-state index in [0.717, 1.165) is 5.56 Å². The van der Waals surface area contributed by atoms with Crippen molar-refractivity contribution < 1.29 is 14.0 Å². The van der Waals surface area contributed by atoms with Crippen molar-refractivity contribution in [1.29, 1.82) is 0 Å². The van der Waals surface area contributed by atoms with Crippen LogP contribution < -0.4 is 4.90 Å². The van der Waals surface area contributed by atoms with Crippen molar-refractivity contribution in [3.05, 3.63) is 66.0 Å². The molecule has 3 rings (SSSR count). The van der Waals surface area contributed by atoms with Crippen LogP contribution in [0.15, 0.2) is 54.6 Å². The second-order valence-electron chi connectivity index (χ2n) is 7.45. The van der Waals surface area contributed by atoms with Crippen molar-refractivity contribution in [2.45, 2.75) is 33.1 Å². The third-order valence-electron chi connectivity index (χ3n) is 5.03. The van der Waals surface area contributed by atoms with Gasteiger partial charge in [-0.1, -0.05) is 44.2 Å². The number of carbonyl (C=O) groups excluding carboxylic acids is 2. The Labute approximate surface area is 153 Å². The number of Topliss-reactive ketones (excluding diaryl/α,β-unsaturated/α-hetero) is 1. The number of ketones is 1. The monoisotopic (exact) mass is 353 g/mol. The van der Waals surface area contributed by atoms with Gasteiger partial charge in [0.2, 0.25) is 5.91 Å². The number of rotatable bonds is 6. The summed E-state index contributed by atoms with van der Waals surface area (Å²) < 4.78 is 13.2. The van der Waals surface area contributed by atoms with E-state index >= 15 is 0 Å². The first-order valence-electron chi connectivity index (χ1n) is 9.07. The summed E-state index contributed by atoms with van der Waals surface area (Å²) in [6, 6.07) is 15.6. The highest BCUT2D eigenvalue weighted by atomic mass is 19.1. The standard InChI is InChI=1S/C22H24FNO2/c1-16(2)14-20(25)22(15-17-6-4-3-5-7-17)12-13-24(21(22)26)19-10-8-18(23)9-11-19/h3-11,16H,12-15H2,1-2H3/t22-/m1/s1. The topological polar surface area (TPSA) is 37.4 Å². The molecule has 1 aliphatic rings. The van der Waals surface area contributed by atoms with Crippen molar-refractivity contribution in [1.82, 2.24) is 0 Å². The van der Waals surface area contributed by atoms with Gasteiger partial charge < -0.3 is 4.90 Å². The molecule has 0 aromatic heterocycles. The van der Waals surface area contributed by atoms with E-state index in [1.165, 1.54) is 12.1 Å². The molecule has 1 heterocycles. The number of anilines is 1. The lowest BCUT2D eigenvalue weighted by molar-refractivity contribution is -0.138. The molecule has 26 heavy (non-hydrogen) atoms. The molecule has 1 amide bonds. The van der Waals surface area contributed by atoms with Crippen LogP contribution in [0.2, 0.25) is 0 Å². The molecule has 2 aromatic carbocycles. The van der Waals surface area contributed by atoms with Crippen LogP contribution in [0.25, 0.3) is 0 Å². The van der Waals surface area contributed by atoms with Crippen LogP contribution in [0.5, 0.6) is 0 Å². The predicted octanol–water partition coefficient (Wildman–Crippen LogP) is 4.41. The van der Waals surface area contributed by atoms with E-state index in [1.54, 1.807) is 17.0 Å². The van der Waals surface area contributed by atoms with Crippen LogP contribution in [0.4, 0.5) is 10.1 Å². The maximum atomic E-state index is 13.4. The van der Waals surface area contributed by atoms with E-state index in [4.69, 9.17) is 0 Å². The first-order chi connectivity index (χ1) is 12.4. The number of nitrogens with zero attached hydrogens (tertiary/aromatic N) is 1. The van der Waals surface area contributed by atoms with Crippen molar-refractivity contribution in [3.8, 4) is 0 Å². The van der Waals surface area contributed by atoms with Crippen LogP contribution in [0.3, 0.4) is 0 Å². The first kappa shape index (κ1) is 18.3. The lowest BCUT2D eigenvalue weighted by atomic mass is 9.74. The Morgan fingerprint density at radius 3 is 2.38 bits per heavy atom. The molecule has 0 bridgehead atoms. The van der Waals surface area contributed by atoms with Crippen molar-refractivity contribution >= 4 is 17.4 Å². The van der Waals surface area contributed by atoms with Crippen LogP contribution >= 0.6 is 0 Å². The fourth-order valence-corrected chi connectivity index (χ4v) is 3.67. The number of hydrogen-bond donors (Lipinski definition) is 0. The second-order valence-corrected chi connectivity index (χ2v) is 7.45. The summed E-state index contributed by atoms with van der Waals surface area (Å²) in [5.74, 6) is -0.306. The highest BCUT2D eigenvalue weighted by Crippen LogP contribution is 2.40. The van der Waals surface area contributed by atoms with Gasteiger partial charge in [0.15, 0.2) is 0 Å². The molecule has 0 saturated carbocycles. The van der Waals surface area contributed by atoms with Gasteiger partial charge in [-0.15, -0.1) is 0 Å². The van der Waals surface area contributed by atoms with Gasteiger partial charge in [0.25, 0.3) is 0 Å². The molecule has 0 N–H and O–H groups in total. The van der Waals surface area contributed by atoms with Gasteiger partial charge in [0.05, 0.1) is 0 Å². The van der Waals surface area contributed by atoms with Gasteiger partial charge in [-0.3, -0.25) is 9.59 Å². The molecule has 0 radical (unpaired) electrons. The molecule has 1 aliphatic heterocycles. The van der Waals surface area contributed by atoms with Gasteiger partial charge in [0.1, 0.15) is 17.0 Å². The zero-order valence-corrected chi connectivity index (χ0v) is 15.2. The summed E-state index contributed by atoms with van der Waals surface area (Å²) in [7, 11) is 0. The Hall–Kier alpha value is -2.49. The minimum Gasteiger partial charge on any atom is -0.312 e. The summed E-state index contributed by atoms with van der Waals surface area (Å²) in [4.78, 5) is 28.1. The maximum absolute atomic E-state index is 13.4. The summed E-state index contributed by atoms with van der Waals surface area (Å²) in [5.41, 5.74) is 0.600. The molecule has 1 atom stereocenters. The Bertz CT molecular complexity index is 786. The molecule has 0 unspecified atom stereocenters. The van der Waals surface area contributed by atoms with Crippen LogP contribution in [0.1, 0.15) is 32.3 Å². The molecular formula is C22H24FNO2. The van der Waals surface area contributed by atoms with E-state index < -0.39 is 5.41 Å². The maximum Gasteiger partial charge on any atom is 0.241 e. The van der Waals surface area contributed by atoms with Crippen LogP contribution in [-0.2, 0) is 16.0 Å². The first-order valence-corrected chi connectivity index (χ1v) is 9.07. The highest BCUT2D eigenvalue weighted by Gasteiger charge is 2.52. The third-order valence-corrected chi connectivity index (χ3v) is 5.03. The zero-order chi connectivity index (χ0) is 18.7. The second kappa shape index (κ2) is 7.40. The molecule has 3 nitrogen and oxygen atoms in total. The minimum absolute atomic E-state index is 0.00552. The highest BCUT2D eigenvalue weighted by molar-refractivity contribution is 6.14. The summed E-state index contributed by atoms with van der Waals surface area (Å²) in [6.07, 6.45) is 1.29. The molecule has 1 saturated heterocycles. The lowest BCUT2D eigenvalue weighted by Gasteiger charge is -2.27. The van der Waals surface area contributed by atoms with Gasteiger partial charge in [-0.25, -0.2) is 4.39 Å². The van der Waals surface area contributed by atoms with E-state index in [-0.39, 0.29) is 23.4 Å². The van der Waals surface area contributed by atoms with Crippen molar-refractivity contribution in [2.24, 2.45) is 11.3 Å². The van der Waals surface area contributed by atoms with E-state index in [0.29, 0.717) is 31.5 Å². The molecule has 0 aliphatic carbocycles. The number of benzene rings is 2. The number of carbonyl (C=O) groups is 2. The zero-order valence-electron chi connectivity index (χ0n) is 15.2. The predicted molar refractivity (Wildman–Crippen MR) is 100 cm³/mol. The molecule has 4 heteroatoms. The van der Waals surface area contributed by atoms with E-state index in [1.807, 2.05) is 44.2 Å². The van der Waals surface area contributed by atoms with Crippen molar-refractivity contribution in [2.75, 3.05) is 11.4 Å². The minimum atomic E-state index is -1.03. The molecule has 136 valence electrons. The molecule has 1 fully saturated rings. The Balaban J connectivity index is 1.94. The average molecular weight is 353 g/mol. The summed E-state index contributed by atoms with van der Waals surface area (Å²) >= 11 is 0. The molecule has 0 spiro atoms. The summed E-state index contributed by atoms with van der Waals surface area (Å²) in [5, 5.41) is 0. The molecule has 2 aromatic rings. The smallest absolute Gasteiger partial charge is 0.241 e. The number of halogens is 1. The van der Waals surface area contributed by atoms with Gasteiger partial charge in [0, 0.05) is 18.7 Å². The summed E-state index contributed by atoms with van der Waals surface area (Å²) in [6.45, 7) is 4.46. The van der Waals surface area contributed by atoms with Gasteiger partial charge in [-0.2, -0.15) is 0 Å². The number of hydrogen-bond acceptors (Lipinski definition) is 2. The fourth-order valence-electron chi connectivity index (χ4n) is 3.67. The molecular weight excluding hydrogens is 329 g/mol. The van der Waals surface area contributed by atoms with E-state index in [2.05, 4.69) is 0 Å². The largest absolute Gasteiger partial charge is 0.312 e. The number of amides is 1. The Morgan fingerprint density at radius 2 is 1.77 bits per heavy atom. The van der Waals surface area contributed by atoms with Gasteiger partial charge >= 0.3 is 0 Å². The van der Waals surface area contributed by atoms with Crippen LogP contribution in [0, 0.1) is 17.2 Å². The van der Waals surface area contributed by atoms with Crippen molar-refractivity contribution in [3.63, 3.8) is 0 Å². The lowest BCUT2D eigenvalue weighted by Crippen LogP contribution is -2.42. The SMILES string of the molecule is CC(C)CC(=O)[C@]1(Cc2ccccc2)CCN(c2ccc(F)cc2)C1=O.